The predicted molar refractivity (Wildman–Crippen MR) is 228 cm³/mol. The number of carbonyl (C=O) groups is 4. The highest BCUT2D eigenvalue weighted by atomic mass is 16.5. The molecule has 2 heterocycles. The van der Waals surface area contributed by atoms with Crippen molar-refractivity contribution >= 4 is 23.4 Å². The molecule has 2 amide bonds. The molecular weight excluding hydrogens is 739 g/mol. The van der Waals surface area contributed by atoms with Crippen LogP contribution < -0.4 is 10.6 Å². The quantitative estimate of drug-likeness (QED) is 0.154. The molecule has 2 aromatic rings. The Morgan fingerprint density at radius 1 is 0.966 bits per heavy atom. The van der Waals surface area contributed by atoms with Gasteiger partial charge in [0.15, 0.2) is 5.78 Å². The Morgan fingerprint density at radius 3 is 2.46 bits per heavy atom. The largest absolute Gasteiger partial charge is 0.393 e. The van der Waals surface area contributed by atoms with Gasteiger partial charge in [-0.3, -0.25) is 19.3 Å². The maximum absolute atomic E-state index is 13.9. The van der Waals surface area contributed by atoms with Crippen LogP contribution in [0.4, 0.5) is 0 Å². The summed E-state index contributed by atoms with van der Waals surface area (Å²) in [5, 5.41) is 16.6. The second-order valence-corrected chi connectivity index (χ2v) is 19.4. The third kappa shape index (κ3) is 8.04. The van der Waals surface area contributed by atoms with E-state index < -0.39 is 6.04 Å². The molecule has 316 valence electrons. The van der Waals surface area contributed by atoms with E-state index in [2.05, 4.69) is 49.3 Å². The van der Waals surface area contributed by atoms with E-state index in [9.17, 15) is 24.3 Å². The number of hydrogen-bond acceptors (Lipinski definition) is 7. The van der Waals surface area contributed by atoms with Crippen LogP contribution in [0.3, 0.4) is 0 Å². The van der Waals surface area contributed by atoms with E-state index in [1.165, 1.54) is 24.5 Å². The number of nitrogens with zero attached hydrogens (tertiary/aromatic N) is 1. The molecule has 4 aliphatic carbocycles. The van der Waals surface area contributed by atoms with Crippen molar-refractivity contribution in [2.24, 2.45) is 35.0 Å². The maximum atomic E-state index is 13.9. The lowest BCUT2D eigenvalue weighted by molar-refractivity contribution is -0.129. The summed E-state index contributed by atoms with van der Waals surface area (Å²) in [6.45, 7) is 13.1. The molecule has 8 rings (SSSR count). The van der Waals surface area contributed by atoms with Gasteiger partial charge in [-0.15, -0.1) is 0 Å². The van der Waals surface area contributed by atoms with Crippen LogP contribution in [0.2, 0.25) is 0 Å². The molecule has 9 heteroatoms. The molecule has 3 N–H and O–H groups in total. The maximum Gasteiger partial charge on any atom is 0.242 e. The minimum atomic E-state index is -0.832. The fourth-order valence-electron chi connectivity index (χ4n) is 12.7. The lowest BCUT2D eigenvalue weighted by Gasteiger charge is -2.49. The van der Waals surface area contributed by atoms with Gasteiger partial charge in [-0.1, -0.05) is 92.6 Å². The number of hydrogen-bond donors (Lipinski definition) is 3. The molecule has 9 nitrogen and oxygen atoms in total. The highest BCUT2D eigenvalue weighted by molar-refractivity contribution is 6.09. The zero-order valence-corrected chi connectivity index (χ0v) is 35.8. The number of allylic oxidation sites excluding steroid dienone is 2. The third-order valence-electron chi connectivity index (χ3n) is 15.8. The topological polar surface area (TPSA) is 125 Å². The Labute approximate surface area is 350 Å². The second kappa shape index (κ2) is 16.9. The number of ketones is 2. The van der Waals surface area contributed by atoms with Crippen molar-refractivity contribution in [3.8, 4) is 0 Å². The number of fused-ring (bicyclic) bond motifs is 6. The normalized spacial score (nSPS) is 34.2. The van der Waals surface area contributed by atoms with E-state index >= 15 is 0 Å². The number of aliphatic hydroxyl groups excluding tert-OH is 1. The van der Waals surface area contributed by atoms with Gasteiger partial charge in [-0.05, 0) is 105 Å². The fourth-order valence-corrected chi connectivity index (χ4v) is 12.7. The molecule has 6 aliphatic rings. The summed E-state index contributed by atoms with van der Waals surface area (Å²) in [4.78, 5) is 54.0. The van der Waals surface area contributed by atoms with Crippen molar-refractivity contribution < 1.29 is 29.0 Å². The van der Waals surface area contributed by atoms with Crippen LogP contribution in [0.25, 0.3) is 0 Å². The molecule has 4 fully saturated rings. The number of ether oxygens (including phenoxy) is 1. The summed E-state index contributed by atoms with van der Waals surface area (Å²) in [6, 6.07) is 15.8. The van der Waals surface area contributed by atoms with Crippen LogP contribution in [0.1, 0.15) is 120 Å². The summed E-state index contributed by atoms with van der Waals surface area (Å²) in [6.07, 6.45) is 11.3. The number of aliphatic hydroxyl groups is 1. The minimum Gasteiger partial charge on any atom is -0.393 e. The first-order valence-corrected chi connectivity index (χ1v) is 22.5. The molecule has 1 spiro atoms. The lowest BCUT2D eigenvalue weighted by atomic mass is 9.56. The van der Waals surface area contributed by atoms with Crippen molar-refractivity contribution in [2.75, 3.05) is 19.6 Å². The third-order valence-corrected chi connectivity index (χ3v) is 15.8. The Kier molecular flexibility index (Phi) is 11.9. The fraction of sp³-hybridized carbons (Fsp3) is 0.600. The van der Waals surface area contributed by atoms with E-state index in [-0.39, 0.29) is 71.9 Å². The molecule has 2 saturated heterocycles. The number of likely N-dealkylation sites (tertiary alicyclic amines) is 1. The number of Topliss-reactive ketones (excluding diaryl/α,β-unsaturated/α-hetero) is 1. The van der Waals surface area contributed by atoms with E-state index in [4.69, 9.17) is 4.74 Å². The summed E-state index contributed by atoms with van der Waals surface area (Å²) in [5.74, 6) is 1.98. The van der Waals surface area contributed by atoms with Gasteiger partial charge in [0, 0.05) is 62.0 Å². The molecule has 0 aromatic heterocycles. The van der Waals surface area contributed by atoms with Crippen LogP contribution in [-0.4, -0.2) is 82.9 Å². The first-order valence-electron chi connectivity index (χ1n) is 22.5. The Bertz CT molecular complexity index is 1990. The van der Waals surface area contributed by atoms with Crippen LogP contribution >= 0.6 is 0 Å². The molecule has 11 unspecified atom stereocenters. The number of benzene rings is 2. The number of piperidine rings is 1. The standard InChI is InChI=1S/C50H65N3O6/c1-30-25-44-46(33(4)50(59-44)22-20-39-40-17-16-37-27-38(55)19-21-49(37,5)42(40)28-41(39)32(50)3)53(29-30)24-23-51-48(58)43(52-45(56)18-11-31(2)54)26-34-12-14-36(15-13-34)47(57)35-9-7-6-8-10-35/h6-10,12-16,30,33,38-40,42-44,46,55H,11,17-29H2,1-5H3,(H,51,58)(H,52,56). The highest BCUT2D eigenvalue weighted by Gasteiger charge is 2.61. The summed E-state index contributed by atoms with van der Waals surface area (Å²) in [5.41, 5.74) is 6.57. The molecule has 0 radical (unpaired) electrons. The molecular formula is C50H65N3O6. The first kappa shape index (κ1) is 41.8. The first-order chi connectivity index (χ1) is 28.3. The average molecular weight is 804 g/mol. The highest BCUT2D eigenvalue weighted by Crippen LogP contribution is 2.65. The monoisotopic (exact) mass is 803 g/mol. The van der Waals surface area contributed by atoms with Crippen molar-refractivity contribution in [1.82, 2.24) is 15.5 Å². The van der Waals surface area contributed by atoms with Gasteiger partial charge < -0.3 is 25.3 Å². The Hall–Kier alpha value is -3.92. The molecule has 11 atom stereocenters. The van der Waals surface area contributed by atoms with E-state index in [0.717, 1.165) is 57.1 Å². The predicted octanol–water partition coefficient (Wildman–Crippen LogP) is 7.16. The number of amides is 2. The van der Waals surface area contributed by atoms with Gasteiger partial charge >= 0.3 is 0 Å². The second-order valence-electron chi connectivity index (χ2n) is 19.4. The lowest BCUT2D eigenvalue weighted by Crippen LogP contribution is -2.55. The van der Waals surface area contributed by atoms with E-state index in [1.54, 1.807) is 29.8 Å². The number of carbonyl (C=O) groups excluding carboxylic acids is 4. The SMILES string of the molecule is CC(=O)CCC(=O)NC(Cc1ccc(C(=O)c2ccccc2)cc1)C(=O)NCCN1CC(C)CC2OC3(CCC4C(=C3C)CC3C4CC=C4CC(O)CCC43C)C(C)C21. The van der Waals surface area contributed by atoms with Crippen LogP contribution in [0.5, 0.6) is 0 Å². The van der Waals surface area contributed by atoms with Crippen molar-refractivity contribution in [2.45, 2.75) is 135 Å². The van der Waals surface area contributed by atoms with E-state index in [0.29, 0.717) is 53.8 Å². The molecule has 2 aromatic carbocycles. The van der Waals surface area contributed by atoms with Gasteiger partial charge in [0.2, 0.25) is 11.8 Å². The van der Waals surface area contributed by atoms with Crippen molar-refractivity contribution in [3.05, 3.63) is 94.1 Å². The van der Waals surface area contributed by atoms with Gasteiger partial charge in [0.25, 0.3) is 0 Å². The molecule has 59 heavy (non-hydrogen) atoms. The van der Waals surface area contributed by atoms with Gasteiger partial charge in [0.05, 0.1) is 17.8 Å². The van der Waals surface area contributed by atoms with Gasteiger partial charge in [0.1, 0.15) is 11.8 Å². The smallest absolute Gasteiger partial charge is 0.242 e. The number of rotatable bonds is 12. The number of nitrogens with one attached hydrogen (secondary N) is 2. The molecule has 2 saturated carbocycles. The van der Waals surface area contributed by atoms with Crippen LogP contribution in [0, 0.1) is 35.0 Å². The van der Waals surface area contributed by atoms with Crippen molar-refractivity contribution in [1.29, 1.82) is 0 Å². The molecule has 2 aliphatic heterocycles. The Morgan fingerprint density at radius 2 is 1.71 bits per heavy atom. The zero-order chi connectivity index (χ0) is 41.6. The molecule has 0 bridgehead atoms. The average Bonchev–Trinajstić information content (AvgIpc) is 3.75. The summed E-state index contributed by atoms with van der Waals surface area (Å²) in [7, 11) is 0. The van der Waals surface area contributed by atoms with Gasteiger partial charge in [-0.25, -0.2) is 0 Å². The van der Waals surface area contributed by atoms with Crippen LogP contribution in [0.15, 0.2) is 77.4 Å². The summed E-state index contributed by atoms with van der Waals surface area (Å²) >= 11 is 0. The Balaban J connectivity index is 0.938. The van der Waals surface area contributed by atoms with Gasteiger partial charge in [-0.2, -0.15) is 0 Å². The zero-order valence-electron chi connectivity index (χ0n) is 35.8. The van der Waals surface area contributed by atoms with Crippen molar-refractivity contribution in [3.63, 3.8) is 0 Å². The van der Waals surface area contributed by atoms with Crippen LogP contribution in [-0.2, 0) is 25.5 Å². The van der Waals surface area contributed by atoms with E-state index in [1.807, 2.05) is 30.3 Å². The summed E-state index contributed by atoms with van der Waals surface area (Å²) < 4.78 is 7.36. The minimum absolute atomic E-state index is 0.0248.